The van der Waals surface area contributed by atoms with Crippen molar-refractivity contribution in [3.05, 3.63) is 69.0 Å². The highest BCUT2D eigenvalue weighted by molar-refractivity contribution is 8.16. The van der Waals surface area contributed by atoms with E-state index < -0.39 is 0 Å². The van der Waals surface area contributed by atoms with Gasteiger partial charge in [-0.15, -0.1) is 0 Å². The topological polar surface area (TPSA) is 61.5 Å². The minimum atomic E-state index is -0.358. The minimum absolute atomic E-state index is 0.186. The first kappa shape index (κ1) is 18.5. The number of hydrogen-bond donors (Lipinski definition) is 1. The van der Waals surface area contributed by atoms with Gasteiger partial charge in [0.05, 0.1) is 11.3 Å². The summed E-state index contributed by atoms with van der Waals surface area (Å²) in [6.07, 6.45) is 1.80. The van der Waals surface area contributed by atoms with Crippen LogP contribution < -0.4 is 0 Å². The highest BCUT2D eigenvalue weighted by Crippen LogP contribution is 2.33. The second-order valence-electron chi connectivity index (χ2n) is 7.22. The van der Waals surface area contributed by atoms with Crippen LogP contribution in [-0.2, 0) is 4.79 Å². The molecule has 0 saturated carbocycles. The van der Waals surface area contributed by atoms with Crippen LogP contribution in [0.3, 0.4) is 0 Å². The number of aromatic nitrogens is 1. The molecule has 0 aliphatic carbocycles. The van der Waals surface area contributed by atoms with Gasteiger partial charge in [-0.25, -0.2) is 0 Å². The summed E-state index contributed by atoms with van der Waals surface area (Å²) >= 11 is 1.38. The molecule has 142 valence electrons. The number of benzene rings is 1. The van der Waals surface area contributed by atoms with Crippen LogP contribution in [0.25, 0.3) is 11.8 Å². The molecule has 6 heteroatoms. The van der Waals surface area contributed by atoms with Gasteiger partial charge in [-0.3, -0.25) is 15.1 Å². The summed E-state index contributed by atoms with van der Waals surface area (Å²) in [6, 6.07) is 8.34. The number of fused-ring (bicyclic) bond motifs is 1. The highest BCUT2D eigenvalue weighted by atomic mass is 32.2. The average Bonchev–Trinajstić information content (AvgIpc) is 3.12. The van der Waals surface area contributed by atoms with Crippen LogP contribution in [0.5, 0.6) is 0 Å². The number of amides is 1. The van der Waals surface area contributed by atoms with Gasteiger partial charge in [0.1, 0.15) is 5.84 Å². The van der Waals surface area contributed by atoms with E-state index in [0.29, 0.717) is 10.7 Å². The van der Waals surface area contributed by atoms with Gasteiger partial charge in [0.25, 0.3) is 5.91 Å². The summed E-state index contributed by atoms with van der Waals surface area (Å²) in [5, 5.41) is 11.0. The molecule has 0 radical (unpaired) electrons. The summed E-state index contributed by atoms with van der Waals surface area (Å²) in [7, 11) is 0. The lowest BCUT2D eigenvalue weighted by atomic mass is 10.1. The Morgan fingerprint density at radius 2 is 1.79 bits per heavy atom. The van der Waals surface area contributed by atoms with E-state index >= 15 is 0 Å². The molecule has 2 aliphatic rings. The molecule has 0 fully saturated rings. The maximum Gasteiger partial charge on any atom is 0.283 e. The number of hydrogen-bond acceptors (Lipinski definition) is 3. The summed E-state index contributed by atoms with van der Waals surface area (Å²) in [5.74, 6) is -0.172. The zero-order valence-corrected chi connectivity index (χ0v) is 17.4. The lowest BCUT2D eigenvalue weighted by Gasteiger charge is -2.25. The van der Waals surface area contributed by atoms with Crippen molar-refractivity contribution < 1.29 is 4.79 Å². The fraction of sp³-hybridized carbons (Fsp3) is 0.227. The fourth-order valence-electron chi connectivity index (χ4n) is 3.83. The van der Waals surface area contributed by atoms with Gasteiger partial charge in [0.15, 0.2) is 5.17 Å². The van der Waals surface area contributed by atoms with Crippen molar-refractivity contribution in [2.75, 3.05) is 0 Å². The van der Waals surface area contributed by atoms with Crippen LogP contribution in [0.1, 0.15) is 35.0 Å². The number of thioether (sulfide) groups is 1. The standard InChI is InChI=1S/C22H22N4OS/c1-12-7-6-8-13(2)19(12)25-14(3)9-17(16(25)5)10-18-20(23)26-15(4)11-28-22(26)24-21(18)27/h6-11,23H,1-5H3/b18-10+,23-20?. The molecular formula is C22H22N4OS. The van der Waals surface area contributed by atoms with Crippen molar-refractivity contribution in [3.63, 3.8) is 0 Å². The van der Waals surface area contributed by atoms with Crippen molar-refractivity contribution in [2.24, 2.45) is 4.99 Å². The highest BCUT2D eigenvalue weighted by Gasteiger charge is 2.34. The molecule has 2 aliphatic heterocycles. The summed E-state index contributed by atoms with van der Waals surface area (Å²) < 4.78 is 2.22. The molecule has 3 heterocycles. The molecule has 1 aromatic carbocycles. The van der Waals surface area contributed by atoms with Crippen molar-refractivity contribution >= 4 is 34.7 Å². The Hall–Kier alpha value is -2.86. The second-order valence-corrected chi connectivity index (χ2v) is 8.06. The summed E-state index contributed by atoms with van der Waals surface area (Å²) in [5.41, 5.74) is 7.86. The molecule has 4 rings (SSSR count). The van der Waals surface area contributed by atoms with E-state index in [9.17, 15) is 4.79 Å². The number of nitrogens with zero attached hydrogens (tertiary/aromatic N) is 3. The zero-order chi connectivity index (χ0) is 20.2. The van der Waals surface area contributed by atoms with E-state index in [1.807, 2.05) is 19.3 Å². The predicted octanol–water partition coefficient (Wildman–Crippen LogP) is 4.88. The summed E-state index contributed by atoms with van der Waals surface area (Å²) in [6.45, 7) is 10.2. The van der Waals surface area contributed by atoms with Crippen LogP contribution in [-0.4, -0.2) is 26.4 Å². The number of rotatable bonds is 2. The largest absolute Gasteiger partial charge is 0.317 e. The third-order valence-electron chi connectivity index (χ3n) is 5.22. The van der Waals surface area contributed by atoms with Gasteiger partial charge in [0, 0.05) is 17.1 Å². The lowest BCUT2D eigenvalue weighted by Crippen LogP contribution is -2.37. The van der Waals surface area contributed by atoms with Crippen LogP contribution in [0.2, 0.25) is 0 Å². The Morgan fingerprint density at radius 1 is 1.11 bits per heavy atom. The van der Waals surface area contributed by atoms with Crippen molar-refractivity contribution in [2.45, 2.75) is 34.6 Å². The van der Waals surface area contributed by atoms with Gasteiger partial charge < -0.3 is 4.57 Å². The summed E-state index contributed by atoms with van der Waals surface area (Å²) in [4.78, 5) is 18.5. The smallest absolute Gasteiger partial charge is 0.283 e. The number of amidine groups is 2. The third kappa shape index (κ3) is 2.76. The molecule has 0 atom stereocenters. The maximum atomic E-state index is 12.6. The Bertz CT molecular complexity index is 1110. The van der Waals surface area contributed by atoms with Gasteiger partial charge in [-0.05, 0) is 68.9 Å². The zero-order valence-electron chi connectivity index (χ0n) is 16.6. The molecule has 1 amide bonds. The second kappa shape index (κ2) is 6.63. The Morgan fingerprint density at radius 3 is 2.46 bits per heavy atom. The molecule has 2 aromatic rings. The fourth-order valence-corrected chi connectivity index (χ4v) is 4.69. The van der Waals surface area contributed by atoms with Crippen LogP contribution in [0, 0.1) is 33.1 Å². The SMILES string of the molecule is CC1=CSC2=NC(=O)/C(=C/c3cc(C)n(-c4c(C)cccc4C)c3C)C(=N)N12. The number of para-hydroxylation sites is 1. The quantitative estimate of drug-likeness (QED) is 0.744. The van der Waals surface area contributed by atoms with E-state index in [4.69, 9.17) is 5.41 Å². The van der Waals surface area contributed by atoms with E-state index in [2.05, 4.69) is 54.6 Å². The molecule has 1 aromatic heterocycles. The lowest BCUT2D eigenvalue weighted by molar-refractivity contribution is -0.114. The van der Waals surface area contributed by atoms with Gasteiger partial charge in [-0.1, -0.05) is 30.0 Å². The van der Waals surface area contributed by atoms with Crippen molar-refractivity contribution in [3.8, 4) is 5.69 Å². The Kier molecular flexibility index (Phi) is 4.38. The molecule has 1 N–H and O–H groups in total. The van der Waals surface area contributed by atoms with E-state index in [1.165, 1.54) is 28.6 Å². The van der Waals surface area contributed by atoms with Crippen LogP contribution in [0.15, 0.2) is 45.9 Å². The molecule has 0 saturated heterocycles. The third-order valence-corrected chi connectivity index (χ3v) is 6.16. The molecule has 28 heavy (non-hydrogen) atoms. The molecular weight excluding hydrogens is 368 g/mol. The molecule has 0 unspecified atom stereocenters. The number of allylic oxidation sites excluding steroid dienone is 1. The first-order valence-electron chi connectivity index (χ1n) is 9.12. The molecule has 0 bridgehead atoms. The minimum Gasteiger partial charge on any atom is -0.317 e. The van der Waals surface area contributed by atoms with Crippen LogP contribution in [0.4, 0.5) is 0 Å². The first-order valence-corrected chi connectivity index (χ1v) is 10.00. The van der Waals surface area contributed by atoms with Crippen LogP contribution >= 0.6 is 11.8 Å². The number of carbonyl (C=O) groups is 1. The number of carbonyl (C=O) groups excluding carboxylic acids is 1. The van der Waals surface area contributed by atoms with Gasteiger partial charge in [0.2, 0.25) is 0 Å². The predicted molar refractivity (Wildman–Crippen MR) is 116 cm³/mol. The van der Waals surface area contributed by atoms with Crippen molar-refractivity contribution in [1.82, 2.24) is 9.47 Å². The average molecular weight is 391 g/mol. The monoisotopic (exact) mass is 390 g/mol. The van der Waals surface area contributed by atoms with E-state index in [1.54, 1.807) is 11.0 Å². The molecule has 0 spiro atoms. The van der Waals surface area contributed by atoms with E-state index in [0.717, 1.165) is 22.6 Å². The number of aryl methyl sites for hydroxylation is 3. The van der Waals surface area contributed by atoms with Crippen molar-refractivity contribution in [1.29, 1.82) is 5.41 Å². The Labute approximate surface area is 169 Å². The number of nitrogens with one attached hydrogen (secondary N) is 1. The first-order chi connectivity index (χ1) is 13.3. The van der Waals surface area contributed by atoms with Gasteiger partial charge >= 0.3 is 0 Å². The molecule has 5 nitrogen and oxygen atoms in total. The maximum absolute atomic E-state index is 12.6. The number of aliphatic imine (C=N–C) groups is 1. The van der Waals surface area contributed by atoms with Gasteiger partial charge in [-0.2, -0.15) is 4.99 Å². The Balaban J connectivity index is 1.83. The van der Waals surface area contributed by atoms with E-state index in [-0.39, 0.29) is 11.7 Å². The normalized spacial score (nSPS) is 17.9.